The number of hydrogen-bond donors (Lipinski definition) is 7. The Bertz CT molecular complexity index is 2980. The number of benzene rings is 2. The molecular formula is C60H81Br2ClF2N8O16. The van der Waals surface area contributed by atoms with Gasteiger partial charge in [-0.2, -0.15) is 0 Å². The van der Waals surface area contributed by atoms with Gasteiger partial charge in [-0.3, -0.25) is 34.6 Å². The number of aliphatic hydroxyl groups is 1. The molecule has 11 atom stereocenters. The van der Waals surface area contributed by atoms with Crippen molar-refractivity contribution < 1.29 is 85.5 Å². The number of nitrogens with one attached hydrogen (secondary N) is 5. The molecule has 1 unspecified atom stereocenters. The predicted octanol–water partition coefficient (Wildman–Crippen LogP) is 6.28. The van der Waals surface area contributed by atoms with E-state index in [1.807, 2.05) is 6.92 Å². The number of anilines is 2. The largest absolute Gasteiger partial charge is 0.495 e. The number of allylic oxidation sites excluding steroid dienone is 3. The molecule has 0 aromatic heterocycles. The summed E-state index contributed by atoms with van der Waals surface area (Å²) in [6, 6.07) is -1.26. The van der Waals surface area contributed by atoms with Crippen molar-refractivity contribution in [2.75, 3.05) is 62.3 Å². The fourth-order valence-corrected chi connectivity index (χ4v) is 12.3. The highest BCUT2D eigenvalue weighted by Gasteiger charge is 2.64. The lowest BCUT2D eigenvalue weighted by atomic mass is 9.83. The molecule has 2 aromatic rings. The van der Waals surface area contributed by atoms with Crippen LogP contribution in [0, 0.1) is 29.4 Å². The number of alkyl halides is 2. The second kappa shape index (κ2) is 33.1. The summed E-state index contributed by atoms with van der Waals surface area (Å²) in [5, 5.41) is 25.6. The number of nitrogens with zero attached hydrogens (tertiary/aromatic N) is 2. The maximum absolute atomic E-state index is 16.2. The molecule has 7 amide bonds. The molecule has 3 heterocycles. The van der Waals surface area contributed by atoms with Crippen molar-refractivity contribution in [3.8, 4) is 5.75 Å². The molecule has 4 bridgehead atoms. The number of methoxy groups -OCH3 is 2. The fraction of sp³-hybridized carbons (Fsp3) is 0.583. The molecule has 0 aliphatic carbocycles. The van der Waals surface area contributed by atoms with Crippen LogP contribution in [-0.4, -0.2) is 176 Å². The quantitative estimate of drug-likeness (QED) is 0.0136. The van der Waals surface area contributed by atoms with Gasteiger partial charge in [-0.1, -0.05) is 88.0 Å². The van der Waals surface area contributed by atoms with E-state index in [9.17, 15) is 48.3 Å². The highest BCUT2D eigenvalue weighted by atomic mass is 79.9. The SMILES string of the molecule is COc1cc2cc(c1Cl)N(C)C(=O)C[C@H](OC(=O)[C@H](C)N(C)C(=O)c1cc(F)c(NC(=O)[C@H](CCCNC(N)=O)NC(=O)[C@@H](NC(C=O)CCCCOC(=O)C(CBr)CBr)C(C)C)cc1F)[C@]1(C)O[C@H]1[C@H](C)[C@@H]1C[C@@](O)(NC(=O)O1)[C@H](OC)/C=C/C=C(\C)C2. The number of likely N-dealkylation sites (N-methyl/N-ethyl adjacent to an activating group) is 1. The monoisotopic (exact) mass is 1400 g/mol. The maximum Gasteiger partial charge on any atom is 0.409 e. The van der Waals surface area contributed by atoms with Crippen molar-refractivity contribution in [2.24, 2.45) is 23.5 Å². The van der Waals surface area contributed by atoms with Crippen LogP contribution in [0.1, 0.15) is 102 Å². The average Bonchev–Trinajstić information content (AvgIpc) is 1.72. The Morgan fingerprint density at radius 2 is 1.71 bits per heavy atom. The van der Waals surface area contributed by atoms with E-state index in [0.29, 0.717) is 53.9 Å². The third kappa shape index (κ3) is 19.4. The molecule has 2 saturated heterocycles. The van der Waals surface area contributed by atoms with Gasteiger partial charge in [0.15, 0.2) is 5.72 Å². The molecule has 29 heteroatoms. The third-order valence-electron chi connectivity index (χ3n) is 16.0. The summed E-state index contributed by atoms with van der Waals surface area (Å²) in [6.45, 7) is 9.85. The molecule has 5 rings (SSSR count). The first kappa shape index (κ1) is 73.4. The fourth-order valence-electron chi connectivity index (χ4n) is 10.4. The van der Waals surface area contributed by atoms with E-state index in [1.54, 1.807) is 58.1 Å². The normalized spacial score (nSPS) is 24.2. The Labute approximate surface area is 538 Å². The van der Waals surface area contributed by atoms with Crippen LogP contribution in [-0.2, 0) is 58.9 Å². The topological polar surface area (TPSA) is 325 Å². The number of aldehydes is 1. The molecule has 3 aliphatic heterocycles. The number of ether oxygens (including phenoxy) is 6. The van der Waals surface area contributed by atoms with Crippen LogP contribution in [0.5, 0.6) is 5.75 Å². The summed E-state index contributed by atoms with van der Waals surface area (Å²) in [7, 11) is 5.38. The van der Waals surface area contributed by atoms with Gasteiger partial charge in [-0.15, -0.1) is 0 Å². The minimum absolute atomic E-state index is 0.0335. The molecule has 3 aliphatic rings. The number of alkyl carbamates (subject to hydrolysis) is 1. The first-order chi connectivity index (χ1) is 42.0. The highest BCUT2D eigenvalue weighted by molar-refractivity contribution is 9.09. The molecule has 0 saturated carbocycles. The first-order valence-corrected chi connectivity index (χ1v) is 31.6. The van der Waals surface area contributed by atoms with Crippen LogP contribution in [0.2, 0.25) is 5.02 Å². The minimum atomic E-state index is -1.97. The summed E-state index contributed by atoms with van der Waals surface area (Å²) in [6.07, 6.45) is 1.02. The van der Waals surface area contributed by atoms with Crippen molar-refractivity contribution in [3.63, 3.8) is 0 Å². The van der Waals surface area contributed by atoms with Crippen molar-refractivity contribution in [1.82, 2.24) is 26.2 Å². The van der Waals surface area contributed by atoms with Gasteiger partial charge in [0, 0.05) is 56.8 Å². The smallest absolute Gasteiger partial charge is 0.409 e. The van der Waals surface area contributed by atoms with E-state index in [1.165, 1.54) is 33.1 Å². The number of esters is 2. The Balaban J connectivity index is 1.35. The molecular weight excluding hydrogens is 1320 g/mol. The number of rotatable bonds is 26. The Morgan fingerprint density at radius 1 is 1.01 bits per heavy atom. The van der Waals surface area contributed by atoms with Crippen LogP contribution < -0.4 is 42.0 Å². The van der Waals surface area contributed by atoms with Crippen LogP contribution in [0.4, 0.5) is 29.7 Å². The Hall–Kier alpha value is -6.30. The number of carbonyl (C=O) groups excluding carboxylic acids is 9. The van der Waals surface area contributed by atoms with E-state index in [2.05, 4.69) is 58.4 Å². The molecule has 8 N–H and O–H groups in total. The van der Waals surface area contributed by atoms with E-state index in [4.69, 9.17) is 45.8 Å². The summed E-state index contributed by atoms with van der Waals surface area (Å²) in [5.41, 5.74) is 1.95. The zero-order valence-corrected chi connectivity index (χ0v) is 55.3. The van der Waals surface area contributed by atoms with Crippen LogP contribution in [0.3, 0.4) is 0 Å². The number of fused-ring (bicyclic) bond motifs is 5. The van der Waals surface area contributed by atoms with Gasteiger partial charge < -0.3 is 69.8 Å². The first-order valence-electron chi connectivity index (χ1n) is 29.0. The number of nitrogens with two attached hydrogens (primary N) is 1. The number of urea groups is 1. The molecule has 0 radical (unpaired) electrons. The van der Waals surface area contributed by atoms with Gasteiger partial charge in [-0.25, -0.2) is 23.2 Å². The highest BCUT2D eigenvalue weighted by Crippen LogP contribution is 2.49. The van der Waals surface area contributed by atoms with Gasteiger partial charge in [0.1, 0.15) is 64.7 Å². The number of primary amides is 1. The van der Waals surface area contributed by atoms with Crippen LogP contribution in [0.25, 0.3) is 0 Å². The van der Waals surface area contributed by atoms with Crippen molar-refractivity contribution in [3.05, 3.63) is 75.9 Å². The van der Waals surface area contributed by atoms with Crippen molar-refractivity contribution >= 4 is 109 Å². The lowest BCUT2D eigenvalue weighted by Crippen LogP contribution is -2.63. The number of unbranched alkanes of at least 4 members (excludes halogenated alkanes) is 1. The zero-order valence-electron chi connectivity index (χ0n) is 51.4. The summed E-state index contributed by atoms with van der Waals surface area (Å²) in [5.74, 6) is -8.94. The predicted molar refractivity (Wildman–Crippen MR) is 332 cm³/mol. The second-order valence-electron chi connectivity index (χ2n) is 22.9. The molecule has 2 aromatic carbocycles. The Morgan fingerprint density at radius 3 is 2.34 bits per heavy atom. The Kier molecular flexibility index (Phi) is 27.3. The number of hydrogen-bond acceptors (Lipinski definition) is 17. The molecule has 24 nitrogen and oxygen atoms in total. The van der Waals surface area contributed by atoms with Gasteiger partial charge in [-0.05, 0) is 89.0 Å². The lowest BCUT2D eigenvalue weighted by Gasteiger charge is -2.42. The molecule has 0 spiro atoms. The summed E-state index contributed by atoms with van der Waals surface area (Å²) < 4.78 is 66.9. The third-order valence-corrected chi connectivity index (χ3v) is 17.9. The summed E-state index contributed by atoms with van der Waals surface area (Å²) in [4.78, 5) is 122. The number of epoxide rings is 1. The molecule has 2 fully saturated rings. The van der Waals surface area contributed by atoms with Crippen molar-refractivity contribution in [1.29, 1.82) is 0 Å². The lowest BCUT2D eigenvalue weighted by molar-refractivity contribution is -0.158. The van der Waals surface area contributed by atoms with Crippen LogP contribution >= 0.6 is 43.5 Å². The number of halogens is 5. The van der Waals surface area contributed by atoms with Gasteiger partial charge >= 0.3 is 24.1 Å². The van der Waals surface area contributed by atoms with E-state index >= 15 is 8.78 Å². The molecule has 89 heavy (non-hydrogen) atoms. The van der Waals surface area contributed by atoms with Gasteiger partial charge in [0.25, 0.3) is 5.91 Å². The second-order valence-corrected chi connectivity index (χ2v) is 24.6. The van der Waals surface area contributed by atoms with Gasteiger partial charge in [0.05, 0.1) is 61.2 Å². The summed E-state index contributed by atoms with van der Waals surface area (Å²) >= 11 is 13.4. The zero-order chi connectivity index (χ0) is 66.2. The van der Waals surface area contributed by atoms with E-state index < -0.39 is 143 Å². The van der Waals surface area contributed by atoms with Crippen LogP contribution in [0.15, 0.2) is 48.1 Å². The number of carbonyl (C=O) groups is 9. The maximum atomic E-state index is 16.2. The van der Waals surface area contributed by atoms with Gasteiger partial charge in [0.2, 0.25) is 17.7 Å². The van der Waals surface area contributed by atoms with E-state index in [-0.39, 0.29) is 67.2 Å². The van der Waals surface area contributed by atoms with Crippen molar-refractivity contribution in [2.45, 2.75) is 153 Å². The van der Waals surface area contributed by atoms with E-state index in [0.717, 1.165) is 17.5 Å². The standard InChI is InChI=1S/C60H81Br2ClF2N8O16/c1-31(2)50(68-37(30-74)16-11-12-20-86-56(80)36(28-61)29-62)53(77)69-41(17-14-19-67-57(66)81)52(76)70-42-25-39(64)38(24-40(42)65)54(78)72(7)34(5)55(79)88-47-26-48(75)73(8)43-22-35(23-44(84-9)49(43)63)21-32(3)15-13-18-46(85-10)60(83)27-45(87-58(82)71-60)33(4)51-59(47,6)89-51/h13,15,18,22-25,30-31,33-34,36-37,41,45-47,50-51,68,83H,11-12,14,16-17,19-21,26-29H2,1-10H3,(H,69,77)(H,70,76)(H,71,82)(H3,66,67,81)/b18-13+,32-15+/t33-,34+,37?,41+,45+,46-,47+,50+,51+,59+,60+/m1/s1. The average molecular weight is 1400 g/mol. The minimum Gasteiger partial charge on any atom is -0.495 e. The number of amides is 7. The molecule has 492 valence electrons.